The quantitative estimate of drug-likeness (QED) is 0.721. The van der Waals surface area contributed by atoms with Crippen molar-refractivity contribution < 1.29 is 4.74 Å². The molecule has 0 aliphatic carbocycles. The molecule has 1 heterocycles. The van der Waals surface area contributed by atoms with E-state index in [1.165, 1.54) is 6.42 Å². The smallest absolute Gasteiger partial charge is 0.137 e. The lowest BCUT2D eigenvalue weighted by atomic mass is 10.1. The zero-order valence-electron chi connectivity index (χ0n) is 12.1. The number of rotatable bonds is 8. The van der Waals surface area contributed by atoms with Crippen LogP contribution in [0.5, 0.6) is 5.75 Å². The molecule has 1 aliphatic heterocycles. The van der Waals surface area contributed by atoms with Crippen molar-refractivity contribution in [1.29, 1.82) is 0 Å². The van der Waals surface area contributed by atoms with E-state index in [0.717, 1.165) is 44.3 Å². The maximum Gasteiger partial charge on any atom is 0.137 e. The van der Waals surface area contributed by atoms with Crippen molar-refractivity contribution in [3.63, 3.8) is 0 Å². The largest absolute Gasteiger partial charge is 0.492 e. The summed E-state index contributed by atoms with van der Waals surface area (Å²) in [7, 11) is 2.17. The van der Waals surface area contributed by atoms with Gasteiger partial charge >= 0.3 is 0 Å². The van der Waals surface area contributed by atoms with Gasteiger partial charge in [0.15, 0.2) is 0 Å². The molecule has 4 nitrogen and oxygen atoms in total. The molecule has 0 amide bonds. The molecule has 2 rings (SSSR count). The van der Waals surface area contributed by atoms with Crippen molar-refractivity contribution in [2.75, 3.05) is 39.8 Å². The van der Waals surface area contributed by atoms with E-state index in [1.54, 1.807) is 0 Å². The number of nitrogens with zero attached hydrogens (tertiary/aromatic N) is 1. The minimum atomic E-state index is 0.682. The van der Waals surface area contributed by atoms with Gasteiger partial charge in [-0.1, -0.05) is 23.7 Å². The molecular formula is C15H24ClN3O. The summed E-state index contributed by atoms with van der Waals surface area (Å²) < 4.78 is 5.69. The van der Waals surface area contributed by atoms with Gasteiger partial charge in [-0.05, 0) is 44.5 Å². The zero-order chi connectivity index (χ0) is 14.2. The Morgan fingerprint density at radius 2 is 2.00 bits per heavy atom. The maximum absolute atomic E-state index is 6.04. The average molecular weight is 298 g/mol. The van der Waals surface area contributed by atoms with Crippen molar-refractivity contribution >= 4 is 11.6 Å². The van der Waals surface area contributed by atoms with Crippen molar-refractivity contribution in [3.05, 3.63) is 29.3 Å². The molecule has 1 saturated heterocycles. The number of ether oxygens (including phenoxy) is 1. The lowest BCUT2D eigenvalue weighted by Crippen LogP contribution is -2.25. The highest BCUT2D eigenvalue weighted by Gasteiger charge is 2.14. The first kappa shape index (κ1) is 15.6. The Bertz CT molecular complexity index is 396. The number of nitrogens with one attached hydrogen (secondary N) is 2. The Morgan fingerprint density at radius 1 is 1.25 bits per heavy atom. The number of hydrogen-bond acceptors (Lipinski definition) is 4. The highest BCUT2D eigenvalue weighted by molar-refractivity contribution is 6.32. The van der Waals surface area contributed by atoms with Crippen LogP contribution in [0.2, 0.25) is 5.02 Å². The molecule has 2 N–H and O–H groups in total. The fourth-order valence-electron chi connectivity index (χ4n) is 2.30. The minimum absolute atomic E-state index is 0.682. The molecule has 0 unspecified atom stereocenters. The first-order chi connectivity index (χ1) is 9.75. The Balaban J connectivity index is 1.55. The maximum atomic E-state index is 6.04. The van der Waals surface area contributed by atoms with E-state index in [2.05, 4.69) is 22.8 Å². The summed E-state index contributed by atoms with van der Waals surface area (Å²) in [6.07, 6.45) is 2.25. The van der Waals surface area contributed by atoms with Gasteiger partial charge < -0.3 is 9.64 Å². The second kappa shape index (κ2) is 8.47. The summed E-state index contributed by atoms with van der Waals surface area (Å²) in [5.41, 5.74) is 6.34. The van der Waals surface area contributed by atoms with Crippen LogP contribution in [0.1, 0.15) is 12.8 Å². The molecule has 20 heavy (non-hydrogen) atoms. The number of halogens is 1. The summed E-state index contributed by atoms with van der Waals surface area (Å²) in [5, 5.41) is 0.682. The fraction of sp³-hybridized carbons (Fsp3) is 0.600. The fourth-order valence-corrected chi connectivity index (χ4v) is 2.49. The van der Waals surface area contributed by atoms with E-state index in [-0.39, 0.29) is 0 Å². The summed E-state index contributed by atoms with van der Waals surface area (Å²) in [5.74, 6) is 1.54. The summed E-state index contributed by atoms with van der Waals surface area (Å²) in [6.45, 7) is 5.08. The molecule has 0 aromatic heterocycles. The zero-order valence-corrected chi connectivity index (χ0v) is 12.8. The third-order valence-corrected chi connectivity index (χ3v) is 3.92. The van der Waals surface area contributed by atoms with Crippen LogP contribution < -0.4 is 15.6 Å². The highest BCUT2D eigenvalue weighted by atomic mass is 35.5. The molecule has 0 spiro atoms. The minimum Gasteiger partial charge on any atom is -0.492 e. The van der Waals surface area contributed by atoms with Crippen LogP contribution in [0, 0.1) is 5.92 Å². The third kappa shape index (κ3) is 5.29. The topological polar surface area (TPSA) is 36.5 Å². The van der Waals surface area contributed by atoms with Gasteiger partial charge in [0, 0.05) is 19.6 Å². The van der Waals surface area contributed by atoms with Crippen LogP contribution in [0.4, 0.5) is 0 Å². The molecule has 1 aromatic carbocycles. The van der Waals surface area contributed by atoms with Gasteiger partial charge in [0.2, 0.25) is 0 Å². The van der Waals surface area contributed by atoms with Gasteiger partial charge in [-0.2, -0.15) is 0 Å². The molecule has 1 aliphatic rings. The number of benzene rings is 1. The lowest BCUT2D eigenvalue weighted by molar-refractivity contribution is 0.254. The van der Waals surface area contributed by atoms with Crippen LogP contribution in [0.15, 0.2) is 24.3 Å². The van der Waals surface area contributed by atoms with E-state index in [4.69, 9.17) is 16.3 Å². The normalized spacial score (nSPS) is 15.9. The Morgan fingerprint density at radius 3 is 2.75 bits per heavy atom. The van der Waals surface area contributed by atoms with Crippen molar-refractivity contribution in [2.45, 2.75) is 12.8 Å². The van der Waals surface area contributed by atoms with Gasteiger partial charge in [0.25, 0.3) is 0 Å². The van der Waals surface area contributed by atoms with Gasteiger partial charge in [-0.15, -0.1) is 0 Å². The van der Waals surface area contributed by atoms with E-state index in [0.29, 0.717) is 11.6 Å². The first-order valence-corrected chi connectivity index (χ1v) is 7.65. The van der Waals surface area contributed by atoms with Crippen LogP contribution in [0.25, 0.3) is 0 Å². The number of para-hydroxylation sites is 1. The van der Waals surface area contributed by atoms with Gasteiger partial charge in [0.1, 0.15) is 5.75 Å². The first-order valence-electron chi connectivity index (χ1n) is 7.27. The standard InChI is InChI=1S/C15H24ClN3O/c1-19(9-7-13-11-17-18-12-13)8-4-10-20-15-6-3-2-5-14(15)16/h2-3,5-6,13,17-18H,4,7-12H2,1H3. The van der Waals surface area contributed by atoms with Crippen LogP contribution in [-0.2, 0) is 0 Å². The molecule has 1 fully saturated rings. The molecule has 1 aromatic rings. The van der Waals surface area contributed by atoms with Crippen LogP contribution in [-0.4, -0.2) is 44.7 Å². The molecule has 0 radical (unpaired) electrons. The lowest BCUT2D eigenvalue weighted by Gasteiger charge is -2.18. The molecule has 0 atom stereocenters. The van der Waals surface area contributed by atoms with Crippen molar-refractivity contribution in [2.24, 2.45) is 5.92 Å². The van der Waals surface area contributed by atoms with E-state index >= 15 is 0 Å². The van der Waals surface area contributed by atoms with Crippen molar-refractivity contribution in [3.8, 4) is 5.75 Å². The molecule has 5 heteroatoms. The van der Waals surface area contributed by atoms with Gasteiger partial charge in [-0.25, -0.2) is 0 Å². The predicted molar refractivity (Wildman–Crippen MR) is 83.2 cm³/mol. The Kier molecular flexibility index (Phi) is 6.60. The van der Waals surface area contributed by atoms with Crippen LogP contribution in [0.3, 0.4) is 0 Å². The summed E-state index contributed by atoms with van der Waals surface area (Å²) >= 11 is 6.04. The summed E-state index contributed by atoms with van der Waals surface area (Å²) in [6, 6.07) is 7.62. The average Bonchev–Trinajstić information content (AvgIpc) is 2.96. The van der Waals surface area contributed by atoms with Crippen LogP contribution >= 0.6 is 11.6 Å². The third-order valence-electron chi connectivity index (χ3n) is 3.60. The molecule has 0 saturated carbocycles. The van der Waals surface area contributed by atoms with Crippen molar-refractivity contribution in [1.82, 2.24) is 15.8 Å². The molecular weight excluding hydrogens is 274 g/mol. The van der Waals surface area contributed by atoms with E-state index in [9.17, 15) is 0 Å². The molecule has 0 bridgehead atoms. The SMILES string of the molecule is CN(CCCOc1ccccc1Cl)CCC1CNNC1. The Hall–Kier alpha value is -0.810. The number of hydrazine groups is 1. The molecule has 112 valence electrons. The van der Waals surface area contributed by atoms with Gasteiger partial charge in [0.05, 0.1) is 11.6 Å². The Labute approximate surface area is 126 Å². The second-order valence-electron chi connectivity index (χ2n) is 5.35. The second-order valence-corrected chi connectivity index (χ2v) is 5.76. The monoisotopic (exact) mass is 297 g/mol. The van der Waals surface area contributed by atoms with E-state index < -0.39 is 0 Å². The van der Waals surface area contributed by atoms with Gasteiger partial charge in [-0.3, -0.25) is 10.9 Å². The van der Waals surface area contributed by atoms with E-state index in [1.807, 2.05) is 24.3 Å². The number of hydrogen-bond donors (Lipinski definition) is 2. The summed E-state index contributed by atoms with van der Waals surface area (Å²) in [4.78, 5) is 2.37. The highest BCUT2D eigenvalue weighted by Crippen LogP contribution is 2.23. The predicted octanol–water partition coefficient (Wildman–Crippen LogP) is 2.15.